The fraction of sp³-hybridized carbons (Fsp3) is 0.500. The molecule has 0 amide bonds. The number of hydrogen-bond acceptors (Lipinski definition) is 3. The predicted molar refractivity (Wildman–Crippen MR) is 93.9 cm³/mol. The van der Waals surface area contributed by atoms with Crippen LogP contribution < -0.4 is 5.32 Å². The van der Waals surface area contributed by atoms with Gasteiger partial charge >= 0.3 is 0 Å². The molecule has 0 atom stereocenters. The molecular formula is C18H22BrN3. The molecule has 2 aromatic rings. The number of nitrogens with zero attached hydrogens (tertiary/aromatic N) is 2. The largest absolute Gasteiger partial charge is 0.317 e. The molecule has 1 spiro atoms. The monoisotopic (exact) mass is 359 g/mol. The van der Waals surface area contributed by atoms with Gasteiger partial charge in [-0.25, -0.2) is 0 Å². The van der Waals surface area contributed by atoms with Crippen LogP contribution in [0.15, 0.2) is 34.9 Å². The molecule has 0 unspecified atom stereocenters. The maximum absolute atomic E-state index is 4.62. The van der Waals surface area contributed by atoms with E-state index in [4.69, 9.17) is 0 Å². The van der Waals surface area contributed by atoms with E-state index in [9.17, 15) is 0 Å². The normalized spacial score (nSPS) is 21.7. The molecule has 4 heteroatoms. The first-order valence-electron chi connectivity index (χ1n) is 8.21. The summed E-state index contributed by atoms with van der Waals surface area (Å²) >= 11 is 3.64. The molecule has 116 valence electrons. The molecule has 3 heterocycles. The number of piperidine rings is 1. The van der Waals surface area contributed by atoms with Crippen LogP contribution in [0.1, 0.15) is 24.8 Å². The Hall–Kier alpha value is -0.970. The third-order valence-electron chi connectivity index (χ3n) is 5.38. The van der Waals surface area contributed by atoms with Crippen LogP contribution in [0.25, 0.3) is 10.9 Å². The van der Waals surface area contributed by atoms with Gasteiger partial charge in [0, 0.05) is 29.1 Å². The van der Waals surface area contributed by atoms with Crippen LogP contribution in [0.3, 0.4) is 0 Å². The number of pyridine rings is 1. The molecule has 4 rings (SSSR count). The van der Waals surface area contributed by atoms with Crippen LogP contribution in [0.4, 0.5) is 0 Å². The van der Waals surface area contributed by atoms with E-state index < -0.39 is 0 Å². The summed E-state index contributed by atoms with van der Waals surface area (Å²) in [6.07, 6.45) is 5.93. The molecular weight excluding hydrogens is 338 g/mol. The van der Waals surface area contributed by atoms with Gasteiger partial charge in [0.05, 0.1) is 5.52 Å². The molecule has 0 saturated carbocycles. The smallest absolute Gasteiger partial charge is 0.0758 e. The van der Waals surface area contributed by atoms with Crippen LogP contribution in [0.2, 0.25) is 0 Å². The van der Waals surface area contributed by atoms with Gasteiger partial charge in [-0.3, -0.25) is 9.88 Å². The Morgan fingerprint density at radius 3 is 2.91 bits per heavy atom. The fourth-order valence-electron chi connectivity index (χ4n) is 4.09. The number of likely N-dealkylation sites (tertiary alicyclic amines) is 1. The van der Waals surface area contributed by atoms with Crippen molar-refractivity contribution < 1.29 is 0 Å². The maximum Gasteiger partial charge on any atom is 0.0758 e. The SMILES string of the molecule is Brc1ccc(CN2CCC3(CCNCC3)C2)c2ncccc12. The number of nitrogens with one attached hydrogen (secondary N) is 1. The van der Waals surface area contributed by atoms with E-state index in [2.05, 4.69) is 49.3 Å². The molecule has 0 bridgehead atoms. The highest BCUT2D eigenvalue weighted by Gasteiger charge is 2.38. The average molecular weight is 360 g/mol. The van der Waals surface area contributed by atoms with Crippen molar-refractivity contribution in [1.29, 1.82) is 0 Å². The van der Waals surface area contributed by atoms with Crippen LogP contribution in [-0.4, -0.2) is 36.1 Å². The zero-order valence-electron chi connectivity index (χ0n) is 12.8. The van der Waals surface area contributed by atoms with Crippen molar-refractivity contribution in [3.63, 3.8) is 0 Å². The second-order valence-electron chi connectivity index (χ2n) is 6.82. The number of rotatable bonds is 2. The molecule has 0 aliphatic carbocycles. The zero-order valence-corrected chi connectivity index (χ0v) is 14.4. The van der Waals surface area contributed by atoms with Gasteiger partial charge in [-0.2, -0.15) is 0 Å². The van der Waals surface area contributed by atoms with Gasteiger partial charge < -0.3 is 5.32 Å². The number of halogens is 1. The summed E-state index contributed by atoms with van der Waals surface area (Å²) in [7, 11) is 0. The summed E-state index contributed by atoms with van der Waals surface area (Å²) in [4.78, 5) is 7.25. The Labute approximate surface area is 140 Å². The van der Waals surface area contributed by atoms with E-state index in [0.29, 0.717) is 5.41 Å². The topological polar surface area (TPSA) is 28.2 Å². The highest BCUT2D eigenvalue weighted by Crippen LogP contribution is 2.39. The molecule has 1 N–H and O–H groups in total. The Bertz CT molecular complexity index is 679. The van der Waals surface area contributed by atoms with Crippen molar-refractivity contribution in [2.24, 2.45) is 5.41 Å². The molecule has 2 fully saturated rings. The van der Waals surface area contributed by atoms with Gasteiger partial charge in [0.25, 0.3) is 0 Å². The number of aromatic nitrogens is 1. The lowest BCUT2D eigenvalue weighted by Crippen LogP contribution is -2.38. The van der Waals surface area contributed by atoms with Crippen molar-refractivity contribution in [2.45, 2.75) is 25.8 Å². The molecule has 3 nitrogen and oxygen atoms in total. The van der Waals surface area contributed by atoms with Crippen molar-refractivity contribution >= 4 is 26.8 Å². The second kappa shape index (κ2) is 5.91. The first-order valence-corrected chi connectivity index (χ1v) is 9.00. The van der Waals surface area contributed by atoms with Crippen LogP contribution in [0, 0.1) is 5.41 Å². The van der Waals surface area contributed by atoms with Crippen LogP contribution >= 0.6 is 15.9 Å². The minimum Gasteiger partial charge on any atom is -0.317 e. The molecule has 2 saturated heterocycles. The van der Waals surface area contributed by atoms with Crippen LogP contribution in [-0.2, 0) is 6.54 Å². The summed E-state index contributed by atoms with van der Waals surface area (Å²) in [6.45, 7) is 5.88. The van der Waals surface area contributed by atoms with E-state index in [0.717, 1.165) is 16.5 Å². The van der Waals surface area contributed by atoms with Crippen molar-refractivity contribution in [3.8, 4) is 0 Å². The van der Waals surface area contributed by atoms with Gasteiger partial charge in [0.15, 0.2) is 0 Å². The lowest BCUT2D eigenvalue weighted by molar-refractivity contribution is 0.194. The quantitative estimate of drug-likeness (QED) is 0.888. The highest BCUT2D eigenvalue weighted by molar-refractivity contribution is 9.10. The molecule has 2 aliphatic heterocycles. The van der Waals surface area contributed by atoms with Gasteiger partial charge in [-0.15, -0.1) is 0 Å². The third-order valence-corrected chi connectivity index (χ3v) is 6.07. The van der Waals surface area contributed by atoms with Crippen molar-refractivity contribution in [1.82, 2.24) is 15.2 Å². The first-order chi connectivity index (χ1) is 10.8. The summed E-state index contributed by atoms with van der Waals surface area (Å²) < 4.78 is 1.13. The van der Waals surface area contributed by atoms with E-state index in [1.165, 1.54) is 56.4 Å². The van der Waals surface area contributed by atoms with Gasteiger partial charge in [-0.05, 0) is 62.0 Å². The van der Waals surface area contributed by atoms with Gasteiger partial charge in [0.2, 0.25) is 0 Å². The van der Waals surface area contributed by atoms with E-state index in [1.54, 1.807) is 0 Å². The third kappa shape index (κ3) is 2.68. The molecule has 2 aliphatic rings. The molecule has 22 heavy (non-hydrogen) atoms. The Morgan fingerprint density at radius 1 is 1.18 bits per heavy atom. The number of benzene rings is 1. The fourth-order valence-corrected chi connectivity index (χ4v) is 4.54. The average Bonchev–Trinajstić information content (AvgIpc) is 2.93. The first kappa shape index (κ1) is 14.6. The number of fused-ring (bicyclic) bond motifs is 1. The maximum atomic E-state index is 4.62. The van der Waals surface area contributed by atoms with Crippen molar-refractivity contribution in [3.05, 3.63) is 40.5 Å². The zero-order chi connectivity index (χ0) is 15.0. The van der Waals surface area contributed by atoms with E-state index >= 15 is 0 Å². The van der Waals surface area contributed by atoms with E-state index in [1.807, 2.05) is 12.3 Å². The Morgan fingerprint density at radius 2 is 2.05 bits per heavy atom. The summed E-state index contributed by atoms with van der Waals surface area (Å²) in [5.74, 6) is 0. The summed E-state index contributed by atoms with van der Waals surface area (Å²) in [5.41, 5.74) is 3.07. The lowest BCUT2D eigenvalue weighted by Gasteiger charge is -2.34. The molecule has 1 aromatic heterocycles. The van der Waals surface area contributed by atoms with Gasteiger partial charge in [0.1, 0.15) is 0 Å². The molecule has 0 radical (unpaired) electrons. The minimum atomic E-state index is 0.573. The van der Waals surface area contributed by atoms with Crippen LogP contribution in [0.5, 0.6) is 0 Å². The second-order valence-corrected chi connectivity index (χ2v) is 7.67. The summed E-state index contributed by atoms with van der Waals surface area (Å²) in [6, 6.07) is 8.55. The van der Waals surface area contributed by atoms with Gasteiger partial charge in [-0.1, -0.05) is 28.1 Å². The summed E-state index contributed by atoms with van der Waals surface area (Å²) in [5, 5.41) is 4.72. The Balaban J connectivity index is 1.56. The minimum absolute atomic E-state index is 0.573. The number of hydrogen-bond donors (Lipinski definition) is 1. The van der Waals surface area contributed by atoms with Crippen molar-refractivity contribution in [2.75, 3.05) is 26.2 Å². The lowest BCUT2D eigenvalue weighted by atomic mass is 9.78. The molecule has 1 aromatic carbocycles. The standard InChI is InChI=1S/C18H22BrN3/c19-16-4-3-14(17-15(16)2-1-8-21-17)12-22-11-7-18(13-22)5-9-20-10-6-18/h1-4,8,20H,5-7,9-13H2. The predicted octanol–water partition coefficient (Wildman–Crippen LogP) is 3.57. The Kier molecular flexibility index (Phi) is 3.93. The highest BCUT2D eigenvalue weighted by atomic mass is 79.9. The van der Waals surface area contributed by atoms with E-state index in [-0.39, 0.29) is 0 Å².